The number of halogens is 1. The van der Waals surface area contributed by atoms with Crippen molar-refractivity contribution in [2.24, 2.45) is 5.92 Å². The Labute approximate surface area is 283 Å². The zero-order valence-electron chi connectivity index (χ0n) is 27.9. The summed E-state index contributed by atoms with van der Waals surface area (Å²) in [6.07, 6.45) is 11.4. The van der Waals surface area contributed by atoms with E-state index in [4.69, 9.17) is 14.2 Å². The van der Waals surface area contributed by atoms with Gasteiger partial charge in [-0.3, -0.25) is 4.79 Å². The third-order valence-corrected chi connectivity index (χ3v) is 8.93. The number of alkyl carbamates (subject to hydrolysis) is 1. The molecule has 2 amide bonds. The fourth-order valence-electron chi connectivity index (χ4n) is 4.43. The molecular weight excluding hydrogens is 705 g/mol. The number of pyridine rings is 1. The van der Waals surface area contributed by atoms with Crippen LogP contribution >= 0.6 is 32.6 Å². The molecular formula is C33H50IN5O5S. The van der Waals surface area contributed by atoms with Crippen molar-refractivity contribution in [1.82, 2.24) is 25.1 Å². The fourth-order valence-corrected chi connectivity index (χ4v) is 5.89. The van der Waals surface area contributed by atoms with E-state index < -0.39 is 27.6 Å². The maximum absolute atomic E-state index is 13.1. The second-order valence-electron chi connectivity index (χ2n) is 13.3. The molecule has 1 atom stereocenters. The molecule has 2 N–H and O–H groups in total. The van der Waals surface area contributed by atoms with Crippen molar-refractivity contribution >= 4 is 55.7 Å². The zero-order chi connectivity index (χ0) is 33.2. The van der Waals surface area contributed by atoms with Gasteiger partial charge in [0, 0.05) is 34.8 Å². The number of benzene rings is 1. The van der Waals surface area contributed by atoms with Crippen LogP contribution in [0.15, 0.2) is 42.7 Å². The summed E-state index contributed by atoms with van der Waals surface area (Å²) >= 11 is 2.31. The van der Waals surface area contributed by atoms with Crippen molar-refractivity contribution in [1.29, 1.82) is 0 Å². The Hall–Kier alpha value is -2.55. The molecule has 0 saturated heterocycles. The number of rotatable bonds is 16. The predicted molar refractivity (Wildman–Crippen MR) is 193 cm³/mol. The van der Waals surface area contributed by atoms with E-state index in [0.29, 0.717) is 37.8 Å². The van der Waals surface area contributed by atoms with Gasteiger partial charge >= 0.3 is 6.09 Å². The Morgan fingerprint density at radius 3 is 2.44 bits per heavy atom. The summed E-state index contributed by atoms with van der Waals surface area (Å²) in [5, 5.41) is 6.73. The maximum Gasteiger partial charge on any atom is 0.407 e. The first-order valence-electron chi connectivity index (χ1n) is 15.1. The number of carbonyl (C=O) groups is 2. The van der Waals surface area contributed by atoms with Gasteiger partial charge in [-0.1, -0.05) is 12.1 Å². The zero-order valence-corrected chi connectivity index (χ0v) is 30.9. The number of nitrogens with zero attached hydrogens (tertiary/aromatic N) is 3. The third-order valence-electron chi connectivity index (χ3n) is 6.72. The van der Waals surface area contributed by atoms with Crippen LogP contribution in [0.3, 0.4) is 0 Å². The van der Waals surface area contributed by atoms with Crippen molar-refractivity contribution in [3.63, 3.8) is 0 Å². The summed E-state index contributed by atoms with van der Waals surface area (Å²) in [5.74, 6) is 1.88. The highest BCUT2D eigenvalue weighted by Gasteiger charge is 2.22. The first kappa shape index (κ1) is 36.9. The van der Waals surface area contributed by atoms with Crippen LogP contribution in [0.5, 0.6) is 11.5 Å². The van der Waals surface area contributed by atoms with Crippen LogP contribution in [0.25, 0.3) is 11.0 Å². The van der Waals surface area contributed by atoms with Crippen molar-refractivity contribution in [3.8, 4) is 11.5 Å². The average molecular weight is 756 g/mol. The Morgan fingerprint density at radius 1 is 1.09 bits per heavy atom. The predicted octanol–water partition coefficient (Wildman–Crippen LogP) is 5.85. The van der Waals surface area contributed by atoms with E-state index in [-0.39, 0.29) is 12.5 Å². The smallest absolute Gasteiger partial charge is 0.407 e. The monoisotopic (exact) mass is 755 g/mol. The van der Waals surface area contributed by atoms with Crippen molar-refractivity contribution in [2.75, 3.05) is 64.9 Å². The summed E-state index contributed by atoms with van der Waals surface area (Å²) in [7, 11) is 3.40. The maximum atomic E-state index is 13.1. The SMILES string of the molecule is CN(C)CCCNC(=O)C(CNC(=O)OC(C)(C)C)Cc1ccc(Oc2ccnc3c2c(I)cn3COCCS(C)(C)C)cc1. The van der Waals surface area contributed by atoms with E-state index in [9.17, 15) is 9.59 Å². The molecule has 0 aliphatic rings. The van der Waals surface area contributed by atoms with Gasteiger partial charge in [-0.25, -0.2) is 19.8 Å². The molecule has 10 nitrogen and oxygen atoms in total. The van der Waals surface area contributed by atoms with E-state index in [1.165, 1.54) is 0 Å². The molecule has 250 valence electrons. The number of ether oxygens (including phenoxy) is 3. The Kier molecular flexibility index (Phi) is 13.8. The summed E-state index contributed by atoms with van der Waals surface area (Å²) in [4.78, 5) is 32.1. The molecule has 1 aromatic carbocycles. The second kappa shape index (κ2) is 16.8. The van der Waals surface area contributed by atoms with Gasteiger partial charge in [0.15, 0.2) is 0 Å². The molecule has 45 heavy (non-hydrogen) atoms. The van der Waals surface area contributed by atoms with Gasteiger partial charge in [-0.2, -0.15) is 0 Å². The summed E-state index contributed by atoms with van der Waals surface area (Å²) in [6, 6.07) is 9.57. The number of fused-ring (bicyclic) bond motifs is 1. The summed E-state index contributed by atoms with van der Waals surface area (Å²) < 4.78 is 20.7. The first-order chi connectivity index (χ1) is 21.1. The minimum absolute atomic E-state index is 0.105. The van der Waals surface area contributed by atoms with Gasteiger partial charge in [-0.15, -0.1) is 0 Å². The highest BCUT2D eigenvalue weighted by Crippen LogP contribution is 2.35. The van der Waals surface area contributed by atoms with E-state index in [2.05, 4.69) is 61.9 Å². The Bertz CT molecular complexity index is 1400. The highest BCUT2D eigenvalue weighted by molar-refractivity contribution is 14.1. The molecule has 1 unspecified atom stereocenters. The van der Waals surface area contributed by atoms with Crippen LogP contribution in [0.4, 0.5) is 4.79 Å². The van der Waals surface area contributed by atoms with Gasteiger partial charge in [0.1, 0.15) is 29.5 Å². The first-order valence-corrected chi connectivity index (χ1v) is 19.2. The number of aromatic nitrogens is 2. The molecule has 0 spiro atoms. The number of carbonyl (C=O) groups excluding carboxylic acids is 2. The van der Waals surface area contributed by atoms with Gasteiger partial charge < -0.3 is 34.3 Å². The van der Waals surface area contributed by atoms with Crippen molar-refractivity contribution in [2.45, 2.75) is 45.9 Å². The van der Waals surface area contributed by atoms with Crippen molar-refractivity contribution in [3.05, 3.63) is 51.9 Å². The standard InChI is InChI=1S/C33H50IN5O5S/c1-33(2,3)44-32(41)37-21-25(31(40)36-15-9-17-38(4)5)20-24-10-12-26(13-11-24)43-28-14-16-35-30-29(28)27(34)22-39(30)23-42-18-19-45(6,7)8/h10-14,16,22,25H,9,15,17-21,23H2,1-8H3,(H,36,40)(H,37,41). The molecule has 0 aliphatic heterocycles. The van der Waals surface area contributed by atoms with Crippen LogP contribution in [0.2, 0.25) is 0 Å². The van der Waals surface area contributed by atoms with E-state index in [0.717, 1.165) is 38.9 Å². The quantitative estimate of drug-likeness (QED) is 0.140. The van der Waals surface area contributed by atoms with Gasteiger partial charge in [-0.05, 0) is 119 Å². The molecule has 0 fully saturated rings. The summed E-state index contributed by atoms with van der Waals surface area (Å²) in [5.41, 5.74) is 1.15. The van der Waals surface area contributed by atoms with Crippen LogP contribution in [0.1, 0.15) is 32.8 Å². The molecule has 12 heteroatoms. The Morgan fingerprint density at radius 2 is 1.80 bits per heavy atom. The van der Waals surface area contributed by atoms with Crippen LogP contribution in [-0.2, 0) is 27.4 Å². The second-order valence-corrected chi connectivity index (χ2v) is 19.0. The number of hydrogen-bond donors (Lipinski definition) is 2. The molecule has 0 bridgehead atoms. The molecule has 0 radical (unpaired) electrons. The summed E-state index contributed by atoms with van der Waals surface area (Å²) in [6.45, 7) is 8.19. The minimum atomic E-state index is -0.619. The topological polar surface area (TPSA) is 107 Å². The lowest BCUT2D eigenvalue weighted by molar-refractivity contribution is -0.124. The highest BCUT2D eigenvalue weighted by atomic mass is 127. The fraction of sp³-hybridized carbons (Fsp3) is 0.545. The third kappa shape index (κ3) is 13.0. The molecule has 3 rings (SSSR count). The van der Waals surface area contributed by atoms with Crippen LogP contribution < -0.4 is 15.4 Å². The molecule has 2 heterocycles. The Balaban J connectivity index is 1.68. The molecule has 3 aromatic rings. The van der Waals surface area contributed by atoms with E-state index >= 15 is 0 Å². The lowest BCUT2D eigenvalue weighted by Gasteiger charge is -2.24. The normalized spacial score (nSPS) is 13.1. The minimum Gasteiger partial charge on any atom is -0.457 e. The molecule has 0 saturated carbocycles. The lowest BCUT2D eigenvalue weighted by Crippen LogP contribution is -2.42. The van der Waals surface area contributed by atoms with Crippen molar-refractivity contribution < 1.29 is 23.8 Å². The average Bonchev–Trinajstić information content (AvgIpc) is 3.26. The molecule has 0 aliphatic carbocycles. The van der Waals surface area contributed by atoms with Gasteiger partial charge in [0.2, 0.25) is 5.91 Å². The van der Waals surface area contributed by atoms with Gasteiger partial charge in [0.05, 0.1) is 17.9 Å². The number of hydrogen-bond acceptors (Lipinski definition) is 7. The van der Waals surface area contributed by atoms with Crippen LogP contribution in [0, 0.1) is 9.49 Å². The number of nitrogens with one attached hydrogen (secondary N) is 2. The number of amides is 2. The van der Waals surface area contributed by atoms with E-state index in [1.54, 1.807) is 6.20 Å². The van der Waals surface area contributed by atoms with Gasteiger partial charge in [0.25, 0.3) is 0 Å². The van der Waals surface area contributed by atoms with E-state index in [1.807, 2.05) is 76.0 Å². The largest absolute Gasteiger partial charge is 0.457 e. The van der Waals surface area contributed by atoms with Crippen LogP contribution in [-0.4, -0.2) is 96.9 Å². The molecule has 2 aromatic heterocycles. The lowest BCUT2D eigenvalue weighted by atomic mass is 9.98.